The molecular weight excluding hydrogens is 248 g/mol. The average Bonchev–Trinajstić information content (AvgIpc) is 2.34. The second-order valence-corrected chi connectivity index (χ2v) is 4.79. The van der Waals surface area contributed by atoms with Crippen LogP contribution < -0.4 is 16.4 Å². The van der Waals surface area contributed by atoms with Gasteiger partial charge in [0.05, 0.1) is 24.1 Å². The number of amides is 1. The standard InChI is InChI=1S/C12H18N4OS/c1-8(2)5-16-11(17)7-14-9-3-4-10(12(13)18)15-6-9/h3-4,6,8,14H,5,7H2,1-2H3,(H2,13,18)(H,16,17). The molecule has 0 unspecified atom stereocenters. The summed E-state index contributed by atoms with van der Waals surface area (Å²) in [6.07, 6.45) is 1.60. The number of carbonyl (C=O) groups is 1. The van der Waals surface area contributed by atoms with Crippen molar-refractivity contribution < 1.29 is 4.79 Å². The van der Waals surface area contributed by atoms with E-state index >= 15 is 0 Å². The number of nitrogens with two attached hydrogens (primary N) is 1. The third-order valence-corrected chi connectivity index (χ3v) is 2.39. The molecule has 98 valence electrons. The van der Waals surface area contributed by atoms with Gasteiger partial charge in [-0.25, -0.2) is 0 Å². The Balaban J connectivity index is 2.39. The molecule has 0 aliphatic heterocycles. The summed E-state index contributed by atoms with van der Waals surface area (Å²) in [4.78, 5) is 15.8. The maximum absolute atomic E-state index is 11.5. The van der Waals surface area contributed by atoms with Crippen LogP contribution in [0.5, 0.6) is 0 Å². The molecule has 0 aliphatic rings. The van der Waals surface area contributed by atoms with E-state index in [-0.39, 0.29) is 17.4 Å². The number of pyridine rings is 1. The van der Waals surface area contributed by atoms with Crippen molar-refractivity contribution in [2.24, 2.45) is 11.7 Å². The van der Waals surface area contributed by atoms with E-state index in [9.17, 15) is 4.79 Å². The summed E-state index contributed by atoms with van der Waals surface area (Å²) in [5.74, 6) is 0.405. The molecule has 0 aromatic carbocycles. The summed E-state index contributed by atoms with van der Waals surface area (Å²) in [7, 11) is 0. The molecule has 0 atom stereocenters. The Morgan fingerprint density at radius 3 is 2.72 bits per heavy atom. The van der Waals surface area contributed by atoms with Gasteiger partial charge in [-0.2, -0.15) is 0 Å². The molecule has 6 heteroatoms. The van der Waals surface area contributed by atoms with Crippen LogP contribution in [0.1, 0.15) is 19.5 Å². The molecule has 1 aromatic heterocycles. The molecule has 4 N–H and O–H groups in total. The Morgan fingerprint density at radius 2 is 2.22 bits per heavy atom. The number of hydrogen-bond acceptors (Lipinski definition) is 4. The van der Waals surface area contributed by atoms with Gasteiger partial charge in [0.25, 0.3) is 0 Å². The molecule has 0 spiro atoms. The molecule has 0 radical (unpaired) electrons. The van der Waals surface area contributed by atoms with Gasteiger partial charge in [0.2, 0.25) is 5.91 Å². The molecule has 1 amide bonds. The van der Waals surface area contributed by atoms with E-state index < -0.39 is 0 Å². The number of carbonyl (C=O) groups excluding carboxylic acids is 1. The maximum atomic E-state index is 11.5. The lowest BCUT2D eigenvalue weighted by Gasteiger charge is -2.09. The first-order chi connectivity index (χ1) is 8.49. The molecule has 0 saturated heterocycles. The molecule has 0 saturated carbocycles. The van der Waals surface area contributed by atoms with Gasteiger partial charge in [0, 0.05) is 6.54 Å². The van der Waals surface area contributed by atoms with E-state index in [1.54, 1.807) is 18.3 Å². The van der Waals surface area contributed by atoms with Crippen LogP contribution in [0.4, 0.5) is 5.69 Å². The average molecular weight is 266 g/mol. The van der Waals surface area contributed by atoms with Crippen molar-refractivity contribution in [3.63, 3.8) is 0 Å². The van der Waals surface area contributed by atoms with E-state index in [0.717, 1.165) is 5.69 Å². The minimum absolute atomic E-state index is 0.0397. The lowest BCUT2D eigenvalue weighted by atomic mass is 10.2. The van der Waals surface area contributed by atoms with Crippen molar-refractivity contribution in [3.8, 4) is 0 Å². The van der Waals surface area contributed by atoms with Crippen molar-refractivity contribution in [2.75, 3.05) is 18.4 Å². The lowest BCUT2D eigenvalue weighted by molar-refractivity contribution is -0.119. The highest BCUT2D eigenvalue weighted by atomic mass is 32.1. The molecule has 0 aliphatic carbocycles. The molecule has 1 heterocycles. The predicted molar refractivity (Wildman–Crippen MR) is 76.5 cm³/mol. The van der Waals surface area contributed by atoms with Gasteiger partial charge in [0.1, 0.15) is 4.99 Å². The van der Waals surface area contributed by atoms with Crippen LogP contribution in [0.2, 0.25) is 0 Å². The number of aromatic nitrogens is 1. The van der Waals surface area contributed by atoms with Gasteiger partial charge in [-0.3, -0.25) is 9.78 Å². The first kappa shape index (κ1) is 14.4. The molecule has 0 fully saturated rings. The summed E-state index contributed by atoms with van der Waals surface area (Å²) < 4.78 is 0. The van der Waals surface area contributed by atoms with Crippen LogP contribution >= 0.6 is 12.2 Å². The summed E-state index contributed by atoms with van der Waals surface area (Å²) in [5, 5.41) is 5.79. The minimum Gasteiger partial charge on any atom is -0.388 e. The lowest BCUT2D eigenvalue weighted by Crippen LogP contribution is -2.32. The number of thiocarbonyl (C=S) groups is 1. The minimum atomic E-state index is -0.0397. The smallest absolute Gasteiger partial charge is 0.239 e. The molecule has 18 heavy (non-hydrogen) atoms. The SMILES string of the molecule is CC(C)CNC(=O)CNc1ccc(C(N)=S)nc1. The molecule has 5 nitrogen and oxygen atoms in total. The van der Waals surface area contributed by atoms with E-state index in [2.05, 4.69) is 15.6 Å². The van der Waals surface area contributed by atoms with Gasteiger partial charge in [-0.1, -0.05) is 26.1 Å². The molecule has 1 rings (SSSR count). The first-order valence-electron chi connectivity index (χ1n) is 5.75. The van der Waals surface area contributed by atoms with Crippen LogP contribution in [0.15, 0.2) is 18.3 Å². The van der Waals surface area contributed by atoms with Crippen LogP contribution in [0.25, 0.3) is 0 Å². The summed E-state index contributed by atoms with van der Waals surface area (Å²) in [6, 6.07) is 3.51. The monoisotopic (exact) mass is 266 g/mol. The Morgan fingerprint density at radius 1 is 1.50 bits per heavy atom. The van der Waals surface area contributed by atoms with Crippen LogP contribution in [-0.2, 0) is 4.79 Å². The predicted octanol–water partition coefficient (Wildman–Crippen LogP) is 0.900. The zero-order chi connectivity index (χ0) is 13.5. The molecule has 1 aromatic rings. The Kier molecular flexibility index (Phi) is 5.51. The van der Waals surface area contributed by atoms with Gasteiger partial charge < -0.3 is 16.4 Å². The Labute approximate surface area is 112 Å². The molecule has 0 bridgehead atoms. The van der Waals surface area contributed by atoms with E-state index in [1.165, 1.54) is 0 Å². The highest BCUT2D eigenvalue weighted by Crippen LogP contribution is 2.05. The van der Waals surface area contributed by atoms with Crippen molar-refractivity contribution in [1.29, 1.82) is 0 Å². The zero-order valence-electron chi connectivity index (χ0n) is 10.6. The fourth-order valence-corrected chi connectivity index (χ4v) is 1.33. The van der Waals surface area contributed by atoms with Crippen molar-refractivity contribution in [1.82, 2.24) is 10.3 Å². The summed E-state index contributed by atoms with van der Waals surface area (Å²) in [5.41, 5.74) is 6.77. The number of rotatable bonds is 6. The largest absolute Gasteiger partial charge is 0.388 e. The Bertz CT molecular complexity index is 417. The highest BCUT2D eigenvalue weighted by molar-refractivity contribution is 7.80. The highest BCUT2D eigenvalue weighted by Gasteiger charge is 2.03. The van der Waals surface area contributed by atoms with Gasteiger partial charge in [0.15, 0.2) is 0 Å². The number of anilines is 1. The second kappa shape index (κ2) is 6.90. The van der Waals surface area contributed by atoms with Crippen LogP contribution in [0.3, 0.4) is 0 Å². The first-order valence-corrected chi connectivity index (χ1v) is 6.16. The van der Waals surface area contributed by atoms with Gasteiger partial charge >= 0.3 is 0 Å². The summed E-state index contributed by atoms with van der Waals surface area (Å²) in [6.45, 7) is 5.00. The maximum Gasteiger partial charge on any atom is 0.239 e. The van der Waals surface area contributed by atoms with Gasteiger partial charge in [-0.05, 0) is 18.1 Å². The Hall–Kier alpha value is -1.69. The zero-order valence-corrected chi connectivity index (χ0v) is 11.4. The fraction of sp³-hybridized carbons (Fsp3) is 0.417. The fourth-order valence-electron chi connectivity index (χ4n) is 1.21. The topological polar surface area (TPSA) is 80.0 Å². The van der Waals surface area contributed by atoms with Crippen LogP contribution in [-0.4, -0.2) is 29.0 Å². The van der Waals surface area contributed by atoms with Gasteiger partial charge in [-0.15, -0.1) is 0 Å². The number of hydrogen-bond donors (Lipinski definition) is 3. The van der Waals surface area contributed by atoms with Crippen LogP contribution in [0, 0.1) is 5.92 Å². The van der Waals surface area contributed by atoms with Crippen molar-refractivity contribution >= 4 is 28.8 Å². The normalized spacial score (nSPS) is 10.2. The molecular formula is C12H18N4OS. The van der Waals surface area contributed by atoms with E-state index in [0.29, 0.717) is 18.2 Å². The van der Waals surface area contributed by atoms with E-state index in [1.807, 2.05) is 13.8 Å². The second-order valence-electron chi connectivity index (χ2n) is 4.35. The quantitative estimate of drug-likeness (QED) is 0.667. The number of nitrogens with zero attached hydrogens (tertiary/aromatic N) is 1. The van der Waals surface area contributed by atoms with Crippen molar-refractivity contribution in [2.45, 2.75) is 13.8 Å². The summed E-state index contributed by atoms with van der Waals surface area (Å²) >= 11 is 4.80. The van der Waals surface area contributed by atoms with E-state index in [4.69, 9.17) is 18.0 Å². The third kappa shape index (κ3) is 5.09. The third-order valence-electron chi connectivity index (χ3n) is 2.18. The number of nitrogens with one attached hydrogen (secondary N) is 2. The van der Waals surface area contributed by atoms with Crippen molar-refractivity contribution in [3.05, 3.63) is 24.0 Å².